The summed E-state index contributed by atoms with van der Waals surface area (Å²) in [7, 11) is 0. The van der Waals surface area contributed by atoms with Gasteiger partial charge in [-0.05, 0) is 57.8 Å². The van der Waals surface area contributed by atoms with E-state index in [9.17, 15) is 4.79 Å². The molecule has 1 aromatic carbocycles. The molecule has 6 heteroatoms. The molecule has 0 N–H and O–H groups in total. The number of rotatable bonds is 4. The molecule has 0 amide bonds. The second kappa shape index (κ2) is 5.88. The van der Waals surface area contributed by atoms with Crippen molar-refractivity contribution in [3.63, 3.8) is 0 Å². The maximum absolute atomic E-state index is 10.7. The predicted octanol–water partition coefficient (Wildman–Crippen LogP) is 4.21. The van der Waals surface area contributed by atoms with E-state index in [0.29, 0.717) is 26.1 Å². The highest BCUT2D eigenvalue weighted by atomic mass is 79.9. The van der Waals surface area contributed by atoms with E-state index in [4.69, 9.17) is 9.15 Å². The molecule has 1 heterocycles. The minimum absolute atomic E-state index is 0.228. The number of aromatic nitrogens is 1. The second-order valence-electron chi connectivity index (χ2n) is 3.97. The third kappa shape index (κ3) is 3.25. The fourth-order valence-corrected chi connectivity index (χ4v) is 2.97. The number of carbonyl (C=O) groups is 1. The highest BCUT2D eigenvalue weighted by Crippen LogP contribution is 2.35. The first-order valence-electron chi connectivity index (χ1n) is 5.51. The Morgan fingerprint density at radius 1 is 1.32 bits per heavy atom. The van der Waals surface area contributed by atoms with Crippen molar-refractivity contribution in [2.45, 2.75) is 20.5 Å². The zero-order chi connectivity index (χ0) is 14.0. The van der Waals surface area contributed by atoms with Gasteiger partial charge in [-0.3, -0.25) is 4.79 Å². The van der Waals surface area contributed by atoms with E-state index >= 15 is 0 Å². The Morgan fingerprint density at radius 3 is 2.42 bits per heavy atom. The van der Waals surface area contributed by atoms with Gasteiger partial charge >= 0.3 is 0 Å². The highest BCUT2D eigenvalue weighted by Gasteiger charge is 2.11. The molecule has 0 aliphatic heterocycles. The Kier molecular flexibility index (Phi) is 4.42. The minimum atomic E-state index is 0.228. The smallest absolute Gasteiger partial charge is 0.232 e. The number of carbonyl (C=O) groups excluding carboxylic acids is 1. The van der Waals surface area contributed by atoms with Crippen molar-refractivity contribution in [2.75, 3.05) is 0 Å². The van der Waals surface area contributed by atoms with E-state index in [1.807, 2.05) is 13.8 Å². The van der Waals surface area contributed by atoms with Crippen LogP contribution >= 0.6 is 31.9 Å². The SMILES string of the molecule is Cc1nc(COc2c(Br)cc(C=O)cc2Br)oc1C. The van der Waals surface area contributed by atoms with Crippen LogP contribution in [0.2, 0.25) is 0 Å². The Hall–Kier alpha value is -1.14. The molecule has 19 heavy (non-hydrogen) atoms. The average Bonchev–Trinajstić information content (AvgIpc) is 2.67. The Morgan fingerprint density at radius 2 is 1.95 bits per heavy atom. The Bertz CT molecular complexity index is 580. The van der Waals surface area contributed by atoms with Crippen LogP contribution in [0, 0.1) is 13.8 Å². The van der Waals surface area contributed by atoms with E-state index in [-0.39, 0.29) is 6.61 Å². The van der Waals surface area contributed by atoms with Crippen LogP contribution in [0.15, 0.2) is 25.5 Å². The highest BCUT2D eigenvalue weighted by molar-refractivity contribution is 9.11. The summed E-state index contributed by atoms with van der Waals surface area (Å²) in [5.74, 6) is 1.92. The lowest BCUT2D eigenvalue weighted by Crippen LogP contribution is -1.98. The van der Waals surface area contributed by atoms with Crippen LogP contribution < -0.4 is 4.74 Å². The largest absolute Gasteiger partial charge is 0.481 e. The van der Waals surface area contributed by atoms with Gasteiger partial charge in [-0.25, -0.2) is 4.98 Å². The van der Waals surface area contributed by atoms with Gasteiger partial charge in [0.05, 0.1) is 14.6 Å². The van der Waals surface area contributed by atoms with E-state index < -0.39 is 0 Å². The minimum Gasteiger partial charge on any atom is -0.481 e. The number of hydrogen-bond acceptors (Lipinski definition) is 4. The zero-order valence-electron chi connectivity index (χ0n) is 10.4. The van der Waals surface area contributed by atoms with Crippen molar-refractivity contribution in [1.82, 2.24) is 4.98 Å². The topological polar surface area (TPSA) is 52.3 Å². The van der Waals surface area contributed by atoms with Crippen molar-refractivity contribution in [2.24, 2.45) is 0 Å². The molecule has 0 spiro atoms. The van der Waals surface area contributed by atoms with Crippen molar-refractivity contribution in [1.29, 1.82) is 0 Å². The lowest BCUT2D eigenvalue weighted by Gasteiger charge is -2.09. The molecule has 2 aromatic rings. The molecule has 0 fully saturated rings. The molecule has 0 atom stereocenters. The fourth-order valence-electron chi connectivity index (χ4n) is 1.52. The molecule has 0 unspecified atom stereocenters. The molecule has 100 valence electrons. The van der Waals surface area contributed by atoms with Crippen molar-refractivity contribution in [3.05, 3.63) is 44.0 Å². The van der Waals surface area contributed by atoms with Gasteiger partial charge in [-0.2, -0.15) is 0 Å². The van der Waals surface area contributed by atoms with Gasteiger partial charge in [0, 0.05) is 5.56 Å². The standard InChI is InChI=1S/C13H11Br2NO3/c1-7-8(2)19-12(16-7)6-18-13-10(14)3-9(5-17)4-11(13)15/h3-5H,6H2,1-2H3. The van der Waals surface area contributed by atoms with Gasteiger partial charge in [-0.1, -0.05) is 0 Å². The summed E-state index contributed by atoms with van der Waals surface area (Å²) in [5.41, 5.74) is 1.42. The monoisotopic (exact) mass is 387 g/mol. The van der Waals surface area contributed by atoms with Crippen LogP contribution in [-0.2, 0) is 6.61 Å². The summed E-state index contributed by atoms with van der Waals surface area (Å²) in [5, 5.41) is 0. The first-order chi connectivity index (χ1) is 9.01. The number of benzene rings is 1. The molecule has 2 rings (SSSR count). The van der Waals surface area contributed by atoms with Gasteiger partial charge < -0.3 is 9.15 Å². The van der Waals surface area contributed by atoms with E-state index in [1.54, 1.807) is 12.1 Å². The molecule has 0 aliphatic rings. The van der Waals surface area contributed by atoms with Gasteiger partial charge in [-0.15, -0.1) is 0 Å². The first-order valence-corrected chi connectivity index (χ1v) is 7.09. The molecular weight excluding hydrogens is 378 g/mol. The van der Waals surface area contributed by atoms with Crippen molar-refractivity contribution >= 4 is 38.1 Å². The van der Waals surface area contributed by atoms with Crippen molar-refractivity contribution < 1.29 is 13.9 Å². The fraction of sp³-hybridized carbons (Fsp3) is 0.231. The van der Waals surface area contributed by atoms with Crippen LogP contribution in [-0.4, -0.2) is 11.3 Å². The maximum atomic E-state index is 10.7. The van der Waals surface area contributed by atoms with E-state index in [1.165, 1.54) is 0 Å². The van der Waals surface area contributed by atoms with E-state index in [0.717, 1.165) is 17.7 Å². The maximum Gasteiger partial charge on any atom is 0.232 e. The van der Waals surface area contributed by atoms with Gasteiger partial charge in [0.25, 0.3) is 0 Å². The molecule has 0 bridgehead atoms. The van der Waals surface area contributed by atoms with Crippen LogP contribution in [0.3, 0.4) is 0 Å². The molecule has 4 nitrogen and oxygen atoms in total. The number of hydrogen-bond donors (Lipinski definition) is 0. The van der Waals surface area contributed by atoms with Crippen LogP contribution in [0.5, 0.6) is 5.75 Å². The van der Waals surface area contributed by atoms with Gasteiger partial charge in [0.2, 0.25) is 5.89 Å². The lowest BCUT2D eigenvalue weighted by atomic mass is 10.2. The molecule has 1 aromatic heterocycles. The third-order valence-electron chi connectivity index (χ3n) is 2.57. The normalized spacial score (nSPS) is 10.5. The molecule has 0 saturated heterocycles. The Balaban J connectivity index is 2.17. The number of oxazole rings is 1. The number of aldehydes is 1. The molecule has 0 saturated carbocycles. The molecular formula is C13H11Br2NO3. The summed E-state index contributed by atoms with van der Waals surface area (Å²) in [6, 6.07) is 3.39. The summed E-state index contributed by atoms with van der Waals surface area (Å²) in [6.45, 7) is 3.97. The predicted molar refractivity (Wildman–Crippen MR) is 77.5 cm³/mol. The second-order valence-corrected chi connectivity index (χ2v) is 5.68. The Labute approximate surface area is 127 Å². The average molecular weight is 389 g/mol. The van der Waals surface area contributed by atoms with E-state index in [2.05, 4.69) is 36.8 Å². The molecule has 0 aliphatic carbocycles. The summed E-state index contributed by atoms with van der Waals surface area (Å²) < 4.78 is 12.5. The summed E-state index contributed by atoms with van der Waals surface area (Å²) >= 11 is 6.73. The number of halogens is 2. The van der Waals surface area contributed by atoms with Crippen LogP contribution in [0.4, 0.5) is 0 Å². The van der Waals surface area contributed by atoms with Crippen LogP contribution in [0.1, 0.15) is 27.7 Å². The summed E-state index contributed by atoms with van der Waals surface area (Å²) in [6.07, 6.45) is 0.778. The molecule has 0 radical (unpaired) electrons. The van der Waals surface area contributed by atoms with Crippen LogP contribution in [0.25, 0.3) is 0 Å². The number of aryl methyl sites for hydroxylation is 2. The zero-order valence-corrected chi connectivity index (χ0v) is 13.5. The first kappa shape index (κ1) is 14.3. The summed E-state index contributed by atoms with van der Waals surface area (Å²) in [4.78, 5) is 15.0. The van der Waals surface area contributed by atoms with Gasteiger partial charge in [0.1, 0.15) is 17.8 Å². The van der Waals surface area contributed by atoms with Gasteiger partial charge in [0.15, 0.2) is 6.61 Å². The lowest BCUT2D eigenvalue weighted by molar-refractivity contribution is 0.112. The number of ether oxygens (including phenoxy) is 1. The number of nitrogens with zero attached hydrogens (tertiary/aromatic N) is 1. The quantitative estimate of drug-likeness (QED) is 0.736. The third-order valence-corrected chi connectivity index (χ3v) is 3.75. The van der Waals surface area contributed by atoms with Crippen molar-refractivity contribution in [3.8, 4) is 5.75 Å².